The van der Waals surface area contributed by atoms with Crippen molar-refractivity contribution >= 4 is 43.4 Å². The lowest BCUT2D eigenvalue weighted by molar-refractivity contribution is 0.412. The Morgan fingerprint density at radius 3 is 2.56 bits per heavy atom. The van der Waals surface area contributed by atoms with Gasteiger partial charge in [-0.15, -0.1) is 0 Å². The van der Waals surface area contributed by atoms with Crippen LogP contribution < -0.4 is 10.1 Å². The molecule has 2 aromatic rings. The van der Waals surface area contributed by atoms with Crippen LogP contribution in [0.4, 0.5) is 11.5 Å². The quantitative estimate of drug-likeness (QED) is 0.825. The second-order valence-electron chi connectivity index (χ2n) is 3.60. The number of nitrogens with one attached hydrogen (secondary N) is 1. The van der Waals surface area contributed by atoms with Crippen LogP contribution in [0.15, 0.2) is 33.3 Å². The van der Waals surface area contributed by atoms with Gasteiger partial charge in [-0.3, -0.25) is 0 Å². The Balaban J connectivity index is 2.25. The zero-order valence-electron chi connectivity index (χ0n) is 9.87. The van der Waals surface area contributed by atoms with E-state index < -0.39 is 0 Å². The average molecular weight is 373 g/mol. The molecule has 1 aromatic heterocycles. The Bertz CT molecular complexity index is 555. The molecule has 94 valence electrons. The fourth-order valence-electron chi connectivity index (χ4n) is 1.49. The molecule has 0 atom stereocenters. The lowest BCUT2D eigenvalue weighted by atomic mass is 10.3. The summed E-state index contributed by atoms with van der Waals surface area (Å²) in [7, 11) is 1.64. The number of nitrogens with zero attached hydrogens (tertiary/aromatic N) is 2. The zero-order valence-corrected chi connectivity index (χ0v) is 13.0. The Labute approximate surface area is 122 Å². The number of hydrogen-bond acceptors (Lipinski definition) is 4. The van der Waals surface area contributed by atoms with Crippen LogP contribution in [-0.4, -0.2) is 17.1 Å². The minimum absolute atomic E-state index is 0.708. The fraction of sp³-hybridized carbons (Fsp3) is 0.167. The molecular weight excluding hydrogens is 362 g/mol. The Kier molecular flexibility index (Phi) is 4.19. The van der Waals surface area contributed by atoms with Crippen LogP contribution in [0.3, 0.4) is 0 Å². The predicted octanol–water partition coefficient (Wildman–Crippen LogP) is 4.06. The molecule has 1 heterocycles. The van der Waals surface area contributed by atoms with Crippen LogP contribution in [0, 0.1) is 6.92 Å². The summed E-state index contributed by atoms with van der Waals surface area (Å²) in [5.41, 5.74) is 0.924. The first-order valence-corrected chi connectivity index (χ1v) is 6.79. The molecule has 0 amide bonds. The SMILES string of the molecule is COc1ccc(Nc2cc(Br)nc(C)n2)cc1Br. The van der Waals surface area contributed by atoms with E-state index in [0.717, 1.165) is 26.3 Å². The van der Waals surface area contributed by atoms with Gasteiger partial charge in [0.2, 0.25) is 0 Å². The number of rotatable bonds is 3. The van der Waals surface area contributed by atoms with E-state index in [1.54, 1.807) is 7.11 Å². The Morgan fingerprint density at radius 1 is 1.17 bits per heavy atom. The topological polar surface area (TPSA) is 47.0 Å². The second kappa shape index (κ2) is 5.67. The maximum Gasteiger partial charge on any atom is 0.135 e. The van der Waals surface area contributed by atoms with E-state index in [9.17, 15) is 0 Å². The van der Waals surface area contributed by atoms with E-state index in [-0.39, 0.29) is 0 Å². The van der Waals surface area contributed by atoms with Gasteiger partial charge < -0.3 is 10.1 Å². The molecule has 0 spiro atoms. The summed E-state index contributed by atoms with van der Waals surface area (Å²) in [6.07, 6.45) is 0. The van der Waals surface area contributed by atoms with E-state index in [4.69, 9.17) is 4.74 Å². The van der Waals surface area contributed by atoms with Gasteiger partial charge in [0.15, 0.2) is 0 Å². The molecule has 2 rings (SSSR count). The zero-order chi connectivity index (χ0) is 13.1. The highest BCUT2D eigenvalue weighted by molar-refractivity contribution is 9.10. The summed E-state index contributed by atoms with van der Waals surface area (Å²) >= 11 is 6.79. The molecule has 0 bridgehead atoms. The number of hydrogen-bond donors (Lipinski definition) is 1. The van der Waals surface area contributed by atoms with Gasteiger partial charge in [-0.25, -0.2) is 9.97 Å². The third-order valence-corrected chi connectivity index (χ3v) is 3.26. The summed E-state index contributed by atoms with van der Waals surface area (Å²) in [5, 5.41) is 3.21. The van der Waals surface area contributed by atoms with Crippen molar-refractivity contribution in [1.82, 2.24) is 9.97 Å². The summed E-state index contributed by atoms with van der Waals surface area (Å²) in [4.78, 5) is 8.46. The lowest BCUT2D eigenvalue weighted by Gasteiger charge is -2.09. The lowest BCUT2D eigenvalue weighted by Crippen LogP contribution is -1.97. The number of methoxy groups -OCH3 is 1. The highest BCUT2D eigenvalue weighted by Crippen LogP contribution is 2.29. The summed E-state index contributed by atoms with van der Waals surface area (Å²) in [5.74, 6) is 2.24. The van der Waals surface area contributed by atoms with Crippen LogP contribution in [0.2, 0.25) is 0 Å². The van der Waals surface area contributed by atoms with Crippen LogP contribution in [-0.2, 0) is 0 Å². The van der Waals surface area contributed by atoms with E-state index in [1.165, 1.54) is 0 Å². The number of aromatic nitrogens is 2. The maximum atomic E-state index is 5.18. The number of aryl methyl sites for hydroxylation is 1. The van der Waals surface area contributed by atoms with Gasteiger partial charge in [0, 0.05) is 11.8 Å². The molecule has 0 saturated heterocycles. The van der Waals surface area contributed by atoms with Gasteiger partial charge in [-0.1, -0.05) is 0 Å². The molecule has 0 fully saturated rings. The predicted molar refractivity (Wildman–Crippen MR) is 78.4 cm³/mol. The molecule has 0 aliphatic rings. The molecule has 18 heavy (non-hydrogen) atoms. The number of anilines is 2. The maximum absolute atomic E-state index is 5.18. The van der Waals surface area contributed by atoms with Gasteiger partial charge in [0.05, 0.1) is 11.6 Å². The Hall–Kier alpha value is -1.14. The van der Waals surface area contributed by atoms with Crippen molar-refractivity contribution in [2.75, 3.05) is 12.4 Å². The van der Waals surface area contributed by atoms with Crippen molar-refractivity contribution in [1.29, 1.82) is 0 Å². The van der Waals surface area contributed by atoms with Crippen molar-refractivity contribution in [3.63, 3.8) is 0 Å². The summed E-state index contributed by atoms with van der Waals surface area (Å²) in [6.45, 7) is 1.85. The van der Waals surface area contributed by atoms with Crippen LogP contribution in [0.25, 0.3) is 0 Å². The highest BCUT2D eigenvalue weighted by Gasteiger charge is 2.04. The third kappa shape index (κ3) is 3.20. The normalized spacial score (nSPS) is 10.2. The summed E-state index contributed by atoms with van der Waals surface area (Å²) in [6, 6.07) is 7.57. The minimum Gasteiger partial charge on any atom is -0.496 e. The second-order valence-corrected chi connectivity index (χ2v) is 5.26. The molecule has 1 N–H and O–H groups in total. The first kappa shape index (κ1) is 13.3. The van der Waals surface area contributed by atoms with Gasteiger partial charge >= 0.3 is 0 Å². The monoisotopic (exact) mass is 371 g/mol. The molecular formula is C12H11Br2N3O. The van der Waals surface area contributed by atoms with Crippen molar-refractivity contribution in [2.24, 2.45) is 0 Å². The molecule has 0 radical (unpaired) electrons. The standard InChI is InChI=1S/C12H11Br2N3O/c1-7-15-11(14)6-12(16-7)17-8-3-4-10(18-2)9(13)5-8/h3-6H,1-2H3,(H,15,16,17). The molecule has 4 nitrogen and oxygen atoms in total. The van der Waals surface area contributed by atoms with E-state index in [1.807, 2.05) is 31.2 Å². The van der Waals surface area contributed by atoms with Crippen molar-refractivity contribution < 1.29 is 4.74 Å². The van der Waals surface area contributed by atoms with Crippen LogP contribution in [0.5, 0.6) is 5.75 Å². The van der Waals surface area contributed by atoms with Gasteiger partial charge in [0.25, 0.3) is 0 Å². The van der Waals surface area contributed by atoms with Gasteiger partial charge in [-0.2, -0.15) is 0 Å². The van der Waals surface area contributed by atoms with E-state index in [0.29, 0.717) is 5.82 Å². The number of ether oxygens (including phenoxy) is 1. The molecule has 0 saturated carbocycles. The average Bonchev–Trinajstić information content (AvgIpc) is 2.27. The van der Waals surface area contributed by atoms with Crippen LogP contribution in [0.1, 0.15) is 5.82 Å². The molecule has 0 aliphatic heterocycles. The molecule has 6 heteroatoms. The molecule has 0 aliphatic carbocycles. The fourth-order valence-corrected chi connectivity index (χ4v) is 2.50. The van der Waals surface area contributed by atoms with Crippen LogP contribution >= 0.6 is 31.9 Å². The molecule has 0 unspecified atom stereocenters. The molecule has 1 aromatic carbocycles. The Morgan fingerprint density at radius 2 is 1.94 bits per heavy atom. The van der Waals surface area contributed by atoms with Gasteiger partial charge in [-0.05, 0) is 57.0 Å². The van der Waals surface area contributed by atoms with Crippen molar-refractivity contribution in [3.8, 4) is 5.75 Å². The van der Waals surface area contributed by atoms with E-state index >= 15 is 0 Å². The number of benzene rings is 1. The largest absolute Gasteiger partial charge is 0.496 e. The minimum atomic E-state index is 0.708. The van der Waals surface area contributed by atoms with Crippen molar-refractivity contribution in [2.45, 2.75) is 6.92 Å². The van der Waals surface area contributed by atoms with Gasteiger partial charge in [0.1, 0.15) is 22.0 Å². The third-order valence-electron chi connectivity index (χ3n) is 2.23. The summed E-state index contributed by atoms with van der Waals surface area (Å²) < 4.78 is 6.82. The van der Waals surface area contributed by atoms with E-state index in [2.05, 4.69) is 47.1 Å². The number of halogens is 2. The smallest absolute Gasteiger partial charge is 0.135 e. The first-order valence-electron chi connectivity index (χ1n) is 5.20. The highest BCUT2D eigenvalue weighted by atomic mass is 79.9. The first-order chi connectivity index (χ1) is 8.58. The van der Waals surface area contributed by atoms with Crippen molar-refractivity contribution in [3.05, 3.63) is 39.2 Å².